The highest BCUT2D eigenvalue weighted by Crippen LogP contribution is 2.25. The summed E-state index contributed by atoms with van der Waals surface area (Å²) in [4.78, 5) is 0. The molecule has 14 heavy (non-hydrogen) atoms. The van der Waals surface area contributed by atoms with E-state index in [1.54, 1.807) is 0 Å². The molecule has 1 nitrogen and oxygen atoms in total. The van der Waals surface area contributed by atoms with E-state index in [9.17, 15) is 0 Å². The fourth-order valence-corrected chi connectivity index (χ4v) is 1.70. The average molecular weight is 256 g/mol. The van der Waals surface area contributed by atoms with E-state index in [-0.39, 0.29) is 6.04 Å². The van der Waals surface area contributed by atoms with Crippen LogP contribution in [-0.4, -0.2) is 0 Å². The van der Waals surface area contributed by atoms with Gasteiger partial charge in [-0.05, 0) is 30.0 Å². The van der Waals surface area contributed by atoms with Crippen molar-refractivity contribution in [1.29, 1.82) is 0 Å². The minimum Gasteiger partial charge on any atom is -0.324 e. The summed E-state index contributed by atoms with van der Waals surface area (Å²) < 4.78 is 1.15. The van der Waals surface area contributed by atoms with Crippen LogP contribution in [0.2, 0.25) is 0 Å². The SMILES string of the molecule is CCC(C)C(N)c1ccc(Br)c(C)c1. The van der Waals surface area contributed by atoms with E-state index < -0.39 is 0 Å². The van der Waals surface area contributed by atoms with Crippen molar-refractivity contribution in [2.24, 2.45) is 11.7 Å². The first-order valence-corrected chi connectivity index (χ1v) is 5.87. The molecule has 0 spiro atoms. The first-order chi connectivity index (χ1) is 6.56. The Morgan fingerprint density at radius 1 is 1.43 bits per heavy atom. The maximum absolute atomic E-state index is 6.15. The number of hydrogen-bond acceptors (Lipinski definition) is 1. The lowest BCUT2D eigenvalue weighted by Gasteiger charge is -2.19. The zero-order valence-corrected chi connectivity index (χ0v) is 10.6. The van der Waals surface area contributed by atoms with Gasteiger partial charge in [-0.15, -0.1) is 0 Å². The second-order valence-corrected chi connectivity index (χ2v) is 4.77. The minimum absolute atomic E-state index is 0.159. The van der Waals surface area contributed by atoms with Crippen molar-refractivity contribution in [3.63, 3.8) is 0 Å². The molecule has 0 aliphatic heterocycles. The molecule has 0 aromatic heterocycles. The van der Waals surface area contributed by atoms with Gasteiger partial charge in [0.2, 0.25) is 0 Å². The molecule has 2 atom stereocenters. The van der Waals surface area contributed by atoms with Crippen LogP contribution >= 0.6 is 15.9 Å². The molecule has 0 aliphatic carbocycles. The van der Waals surface area contributed by atoms with Crippen LogP contribution in [0, 0.1) is 12.8 Å². The van der Waals surface area contributed by atoms with E-state index in [4.69, 9.17) is 5.73 Å². The Balaban J connectivity index is 2.91. The van der Waals surface area contributed by atoms with Gasteiger partial charge in [0.15, 0.2) is 0 Å². The Kier molecular flexibility index (Phi) is 4.14. The van der Waals surface area contributed by atoms with Gasteiger partial charge in [-0.1, -0.05) is 48.3 Å². The van der Waals surface area contributed by atoms with Crippen molar-refractivity contribution in [1.82, 2.24) is 0 Å². The van der Waals surface area contributed by atoms with Gasteiger partial charge in [0.05, 0.1) is 0 Å². The molecule has 2 heteroatoms. The molecule has 1 rings (SSSR count). The van der Waals surface area contributed by atoms with Gasteiger partial charge in [-0.2, -0.15) is 0 Å². The summed E-state index contributed by atoms with van der Waals surface area (Å²) in [5, 5.41) is 0. The molecule has 0 saturated heterocycles. The number of benzene rings is 1. The van der Waals surface area contributed by atoms with Crippen molar-refractivity contribution >= 4 is 15.9 Å². The van der Waals surface area contributed by atoms with Crippen LogP contribution in [0.1, 0.15) is 37.4 Å². The van der Waals surface area contributed by atoms with Gasteiger partial charge in [-0.3, -0.25) is 0 Å². The molecular formula is C12H18BrN. The maximum Gasteiger partial charge on any atom is 0.0320 e. The Morgan fingerprint density at radius 3 is 2.57 bits per heavy atom. The van der Waals surface area contributed by atoms with Gasteiger partial charge in [0.1, 0.15) is 0 Å². The lowest BCUT2D eigenvalue weighted by molar-refractivity contribution is 0.456. The van der Waals surface area contributed by atoms with Crippen molar-refractivity contribution in [3.8, 4) is 0 Å². The van der Waals surface area contributed by atoms with Crippen molar-refractivity contribution in [2.45, 2.75) is 33.2 Å². The van der Waals surface area contributed by atoms with Crippen LogP contribution in [0.25, 0.3) is 0 Å². The minimum atomic E-state index is 0.159. The van der Waals surface area contributed by atoms with Gasteiger partial charge >= 0.3 is 0 Å². The summed E-state index contributed by atoms with van der Waals surface area (Å²) in [7, 11) is 0. The lowest BCUT2D eigenvalue weighted by atomic mass is 9.93. The molecular weight excluding hydrogens is 238 g/mol. The van der Waals surface area contributed by atoms with Crippen LogP contribution in [0.4, 0.5) is 0 Å². The second kappa shape index (κ2) is 4.94. The largest absolute Gasteiger partial charge is 0.324 e. The highest BCUT2D eigenvalue weighted by Gasteiger charge is 2.13. The van der Waals surface area contributed by atoms with Gasteiger partial charge in [0, 0.05) is 10.5 Å². The van der Waals surface area contributed by atoms with Crippen molar-refractivity contribution < 1.29 is 0 Å². The summed E-state index contributed by atoms with van der Waals surface area (Å²) >= 11 is 3.49. The molecule has 0 radical (unpaired) electrons. The summed E-state index contributed by atoms with van der Waals surface area (Å²) in [6, 6.07) is 6.51. The van der Waals surface area contributed by atoms with Crippen LogP contribution in [0.15, 0.2) is 22.7 Å². The number of hydrogen-bond donors (Lipinski definition) is 1. The molecule has 0 aliphatic rings. The van der Waals surface area contributed by atoms with Gasteiger partial charge < -0.3 is 5.73 Å². The normalized spacial score (nSPS) is 15.2. The fraction of sp³-hybridized carbons (Fsp3) is 0.500. The van der Waals surface area contributed by atoms with Crippen molar-refractivity contribution in [3.05, 3.63) is 33.8 Å². The van der Waals surface area contributed by atoms with E-state index in [0.29, 0.717) is 5.92 Å². The first kappa shape index (κ1) is 11.7. The third kappa shape index (κ3) is 2.58. The molecule has 0 fully saturated rings. The van der Waals surface area contributed by atoms with Gasteiger partial charge in [-0.25, -0.2) is 0 Å². The zero-order valence-electron chi connectivity index (χ0n) is 9.05. The Morgan fingerprint density at radius 2 is 2.07 bits per heavy atom. The Bertz CT molecular complexity index is 309. The van der Waals surface area contributed by atoms with E-state index in [1.807, 2.05) is 0 Å². The molecule has 0 bridgehead atoms. The topological polar surface area (TPSA) is 26.0 Å². The van der Waals surface area contributed by atoms with Crippen LogP contribution in [-0.2, 0) is 0 Å². The summed E-state index contributed by atoms with van der Waals surface area (Å²) in [5.41, 5.74) is 8.64. The zero-order chi connectivity index (χ0) is 10.7. The molecule has 0 heterocycles. The maximum atomic E-state index is 6.15. The number of nitrogens with two attached hydrogens (primary N) is 1. The first-order valence-electron chi connectivity index (χ1n) is 5.08. The third-order valence-corrected chi connectivity index (χ3v) is 3.71. The molecule has 1 aromatic carbocycles. The lowest BCUT2D eigenvalue weighted by Crippen LogP contribution is -2.18. The van der Waals surface area contributed by atoms with E-state index in [0.717, 1.165) is 10.9 Å². The second-order valence-electron chi connectivity index (χ2n) is 3.92. The number of aryl methyl sites for hydroxylation is 1. The monoisotopic (exact) mass is 255 g/mol. The molecule has 1 aromatic rings. The predicted octanol–water partition coefficient (Wildman–Crippen LogP) is 3.80. The summed E-state index contributed by atoms with van der Waals surface area (Å²) in [5.74, 6) is 0.538. The highest BCUT2D eigenvalue weighted by molar-refractivity contribution is 9.10. The van der Waals surface area contributed by atoms with Crippen molar-refractivity contribution in [2.75, 3.05) is 0 Å². The van der Waals surface area contributed by atoms with Crippen LogP contribution < -0.4 is 5.73 Å². The Hall–Kier alpha value is -0.340. The smallest absolute Gasteiger partial charge is 0.0320 e. The summed E-state index contributed by atoms with van der Waals surface area (Å²) in [6.45, 7) is 6.47. The van der Waals surface area contributed by atoms with Crippen LogP contribution in [0.5, 0.6) is 0 Å². The fourth-order valence-electron chi connectivity index (χ4n) is 1.46. The molecule has 0 saturated carbocycles. The quantitative estimate of drug-likeness (QED) is 0.874. The van der Waals surface area contributed by atoms with E-state index >= 15 is 0 Å². The number of rotatable bonds is 3. The predicted molar refractivity (Wildman–Crippen MR) is 65.3 cm³/mol. The molecule has 2 N–H and O–H groups in total. The average Bonchev–Trinajstić information content (AvgIpc) is 2.20. The standard InChI is InChI=1S/C12H18BrN/c1-4-8(2)12(14)10-5-6-11(13)9(3)7-10/h5-8,12H,4,14H2,1-3H3. The summed E-state index contributed by atoms with van der Waals surface area (Å²) in [6.07, 6.45) is 1.12. The van der Waals surface area contributed by atoms with E-state index in [1.165, 1.54) is 11.1 Å². The Labute approximate surface area is 94.8 Å². The third-order valence-electron chi connectivity index (χ3n) is 2.82. The van der Waals surface area contributed by atoms with Gasteiger partial charge in [0.25, 0.3) is 0 Å². The van der Waals surface area contributed by atoms with Crippen LogP contribution in [0.3, 0.4) is 0 Å². The molecule has 2 unspecified atom stereocenters. The highest BCUT2D eigenvalue weighted by atomic mass is 79.9. The number of halogens is 1. The molecule has 78 valence electrons. The van der Waals surface area contributed by atoms with E-state index in [2.05, 4.69) is 54.9 Å². The molecule has 0 amide bonds.